The summed E-state index contributed by atoms with van der Waals surface area (Å²) in [4.78, 5) is 4.22. The molecule has 0 aliphatic carbocycles. The van der Waals surface area contributed by atoms with E-state index >= 15 is 0 Å². The van der Waals surface area contributed by atoms with Crippen LogP contribution in [-0.4, -0.2) is 34.8 Å². The molecule has 0 saturated carbocycles. The summed E-state index contributed by atoms with van der Waals surface area (Å²) >= 11 is 12.9. The predicted molar refractivity (Wildman–Crippen MR) is 123 cm³/mol. The molecular weight excluding hydrogens is 419 g/mol. The molecule has 1 aliphatic heterocycles. The average Bonchev–Trinajstić information content (AvgIpc) is 3.26. The zero-order valence-electron chi connectivity index (χ0n) is 17.2. The summed E-state index contributed by atoms with van der Waals surface area (Å²) in [6.45, 7) is 6.94. The van der Waals surface area contributed by atoms with Crippen molar-refractivity contribution in [2.75, 3.05) is 13.3 Å². The van der Waals surface area contributed by atoms with Crippen molar-refractivity contribution < 1.29 is 9.47 Å². The number of para-hydroxylation sites is 1. The second kappa shape index (κ2) is 11.3. The van der Waals surface area contributed by atoms with Gasteiger partial charge in [-0.15, -0.1) is 6.58 Å². The lowest BCUT2D eigenvalue weighted by molar-refractivity contribution is 0.00788. The van der Waals surface area contributed by atoms with Crippen molar-refractivity contribution >= 4 is 23.2 Å². The van der Waals surface area contributed by atoms with E-state index in [4.69, 9.17) is 32.7 Å². The van der Waals surface area contributed by atoms with Gasteiger partial charge in [-0.1, -0.05) is 73.0 Å². The van der Waals surface area contributed by atoms with E-state index in [0.29, 0.717) is 18.3 Å². The standard InChI is InChI=1S/C24H28Cl2N2O2/c1-3-8-22(30-21-9-6-5-7-10-21)27-15-16-28(18-27)24(26)23(29-17-4-2)19-11-13-20(25)14-12-19/h4-7,9-16,22-24H,2-3,8,17-18H2,1H3. The lowest BCUT2D eigenvalue weighted by atomic mass is 10.1. The third-order valence-electron chi connectivity index (χ3n) is 4.86. The van der Waals surface area contributed by atoms with Crippen LogP contribution in [0.3, 0.4) is 0 Å². The summed E-state index contributed by atoms with van der Waals surface area (Å²) in [5, 5.41) is 0.681. The fraction of sp³-hybridized carbons (Fsp3) is 0.333. The van der Waals surface area contributed by atoms with Crippen molar-refractivity contribution in [3.8, 4) is 5.75 Å². The number of halogens is 2. The molecule has 3 rings (SSSR count). The van der Waals surface area contributed by atoms with Gasteiger partial charge in [0.15, 0.2) is 6.23 Å². The van der Waals surface area contributed by atoms with Gasteiger partial charge in [0.2, 0.25) is 0 Å². The first-order valence-corrected chi connectivity index (χ1v) is 11.0. The highest BCUT2D eigenvalue weighted by atomic mass is 35.5. The normalized spacial score (nSPS) is 16.4. The lowest BCUT2D eigenvalue weighted by Crippen LogP contribution is -2.41. The van der Waals surface area contributed by atoms with E-state index in [1.807, 2.05) is 67.0 Å². The van der Waals surface area contributed by atoms with Gasteiger partial charge in [-0.3, -0.25) is 0 Å². The SMILES string of the molecule is C=CCOC(c1ccc(Cl)cc1)C(Cl)N1C=CN(C(CCC)Oc2ccccc2)C1. The Balaban J connectivity index is 1.69. The van der Waals surface area contributed by atoms with Crippen LogP contribution >= 0.6 is 23.2 Å². The summed E-state index contributed by atoms with van der Waals surface area (Å²) in [7, 11) is 0. The van der Waals surface area contributed by atoms with Crippen LogP contribution in [0, 0.1) is 0 Å². The number of hydrogen-bond acceptors (Lipinski definition) is 4. The van der Waals surface area contributed by atoms with Crippen molar-refractivity contribution in [1.29, 1.82) is 0 Å². The molecular formula is C24H28Cl2N2O2. The Labute approximate surface area is 189 Å². The van der Waals surface area contributed by atoms with E-state index in [-0.39, 0.29) is 12.3 Å². The predicted octanol–water partition coefficient (Wildman–Crippen LogP) is 6.40. The minimum absolute atomic E-state index is 0.0643. The van der Waals surface area contributed by atoms with Gasteiger partial charge in [-0.25, -0.2) is 0 Å². The molecule has 0 fully saturated rings. The van der Waals surface area contributed by atoms with E-state index in [1.165, 1.54) is 0 Å². The largest absolute Gasteiger partial charge is 0.471 e. The number of nitrogens with zero attached hydrogens (tertiary/aromatic N) is 2. The smallest absolute Gasteiger partial charge is 0.173 e. The Morgan fingerprint density at radius 2 is 1.77 bits per heavy atom. The van der Waals surface area contributed by atoms with Crippen LogP contribution in [0.1, 0.15) is 31.4 Å². The Morgan fingerprint density at radius 3 is 2.43 bits per heavy atom. The molecule has 30 heavy (non-hydrogen) atoms. The van der Waals surface area contributed by atoms with Crippen molar-refractivity contribution in [2.45, 2.75) is 37.6 Å². The van der Waals surface area contributed by atoms with Crippen molar-refractivity contribution in [3.63, 3.8) is 0 Å². The molecule has 0 spiro atoms. The molecule has 6 heteroatoms. The molecule has 160 valence electrons. The summed E-state index contributed by atoms with van der Waals surface area (Å²) in [6.07, 6.45) is 7.29. The van der Waals surface area contributed by atoms with Crippen LogP contribution in [0.4, 0.5) is 0 Å². The maximum absolute atomic E-state index is 6.89. The quantitative estimate of drug-likeness (QED) is 0.226. The Bertz CT molecular complexity index is 814. The number of hydrogen-bond donors (Lipinski definition) is 0. The highest BCUT2D eigenvalue weighted by Gasteiger charge is 2.31. The molecule has 1 heterocycles. The van der Waals surface area contributed by atoms with Gasteiger partial charge in [0.1, 0.15) is 17.4 Å². The molecule has 1 aliphatic rings. The van der Waals surface area contributed by atoms with Crippen LogP contribution < -0.4 is 4.74 Å². The first kappa shape index (κ1) is 22.5. The molecule has 2 aromatic rings. The van der Waals surface area contributed by atoms with Crippen LogP contribution in [-0.2, 0) is 4.74 Å². The van der Waals surface area contributed by atoms with Gasteiger partial charge in [-0.2, -0.15) is 0 Å². The van der Waals surface area contributed by atoms with E-state index in [9.17, 15) is 0 Å². The second-order valence-electron chi connectivity index (χ2n) is 7.11. The zero-order valence-corrected chi connectivity index (χ0v) is 18.7. The summed E-state index contributed by atoms with van der Waals surface area (Å²) < 4.78 is 12.2. The first-order chi connectivity index (χ1) is 14.6. The molecule has 3 unspecified atom stereocenters. The third kappa shape index (κ3) is 5.94. The maximum Gasteiger partial charge on any atom is 0.173 e. The van der Waals surface area contributed by atoms with E-state index in [0.717, 1.165) is 24.2 Å². The summed E-state index contributed by atoms with van der Waals surface area (Å²) in [5.41, 5.74) is 0.574. The summed E-state index contributed by atoms with van der Waals surface area (Å²) in [6, 6.07) is 17.5. The molecule has 0 amide bonds. The van der Waals surface area contributed by atoms with Crippen LogP contribution in [0.2, 0.25) is 5.02 Å². The highest BCUT2D eigenvalue weighted by Crippen LogP contribution is 2.31. The Kier molecular flexibility index (Phi) is 8.50. The van der Waals surface area contributed by atoms with Gasteiger partial charge in [0.05, 0.1) is 13.3 Å². The molecule has 0 saturated heterocycles. The topological polar surface area (TPSA) is 24.9 Å². The van der Waals surface area contributed by atoms with E-state index in [1.54, 1.807) is 6.08 Å². The lowest BCUT2D eigenvalue weighted by Gasteiger charge is -2.34. The van der Waals surface area contributed by atoms with Crippen LogP contribution in [0.15, 0.2) is 79.7 Å². The fourth-order valence-corrected chi connectivity index (χ4v) is 3.80. The van der Waals surface area contributed by atoms with Gasteiger partial charge < -0.3 is 19.3 Å². The molecule has 4 nitrogen and oxygen atoms in total. The van der Waals surface area contributed by atoms with Gasteiger partial charge >= 0.3 is 0 Å². The van der Waals surface area contributed by atoms with Crippen LogP contribution in [0.25, 0.3) is 0 Å². The van der Waals surface area contributed by atoms with Gasteiger partial charge in [0.25, 0.3) is 0 Å². The van der Waals surface area contributed by atoms with Crippen molar-refractivity contribution in [3.05, 3.63) is 90.2 Å². The fourth-order valence-electron chi connectivity index (χ4n) is 3.33. The first-order valence-electron chi connectivity index (χ1n) is 10.2. The minimum atomic E-state index is -0.397. The molecule has 0 radical (unpaired) electrons. The van der Waals surface area contributed by atoms with Gasteiger partial charge in [0, 0.05) is 23.8 Å². The second-order valence-corrected chi connectivity index (χ2v) is 7.99. The minimum Gasteiger partial charge on any atom is -0.471 e. The maximum atomic E-state index is 6.89. The molecule has 3 atom stereocenters. The number of benzene rings is 2. The summed E-state index contributed by atoms with van der Waals surface area (Å²) in [5.74, 6) is 0.860. The monoisotopic (exact) mass is 446 g/mol. The van der Waals surface area contributed by atoms with Gasteiger partial charge in [-0.05, 0) is 29.8 Å². The number of rotatable bonds is 11. The third-order valence-corrected chi connectivity index (χ3v) is 5.59. The zero-order chi connectivity index (χ0) is 21.3. The number of ether oxygens (including phenoxy) is 2. The molecule has 2 aromatic carbocycles. The Hall–Kier alpha value is -2.14. The van der Waals surface area contributed by atoms with E-state index in [2.05, 4.69) is 23.3 Å². The molecule has 0 aromatic heterocycles. The molecule has 0 bridgehead atoms. The highest BCUT2D eigenvalue weighted by molar-refractivity contribution is 6.30. The van der Waals surface area contributed by atoms with Crippen LogP contribution in [0.5, 0.6) is 5.75 Å². The van der Waals surface area contributed by atoms with E-state index < -0.39 is 5.50 Å². The number of alkyl halides is 1. The molecule has 0 N–H and O–H groups in total. The Morgan fingerprint density at radius 1 is 1.07 bits per heavy atom. The van der Waals surface area contributed by atoms with Crippen molar-refractivity contribution in [2.24, 2.45) is 0 Å². The van der Waals surface area contributed by atoms with Crippen molar-refractivity contribution in [1.82, 2.24) is 9.80 Å². The average molecular weight is 447 g/mol.